The second-order valence-electron chi connectivity index (χ2n) is 9.38. The number of benzene rings is 1. The third kappa shape index (κ3) is 10.8. The molecular weight excluding hydrogens is 426 g/mol. The fraction of sp³-hybridized carbons (Fsp3) is 0.609. The number of esters is 1. The molecule has 0 spiro atoms. The summed E-state index contributed by atoms with van der Waals surface area (Å²) in [5.41, 5.74) is 11.9. The van der Waals surface area contributed by atoms with Crippen LogP contribution in [-0.4, -0.2) is 47.9 Å². The van der Waals surface area contributed by atoms with E-state index >= 15 is 0 Å². The first-order chi connectivity index (χ1) is 15.3. The van der Waals surface area contributed by atoms with Crippen molar-refractivity contribution in [2.45, 2.75) is 72.5 Å². The molecule has 0 aliphatic heterocycles. The maximum Gasteiger partial charge on any atom is 0.311 e. The van der Waals surface area contributed by atoms with Crippen LogP contribution in [-0.2, 0) is 25.7 Å². The molecule has 1 unspecified atom stereocenters. The third-order valence-corrected chi connectivity index (χ3v) is 4.88. The Morgan fingerprint density at radius 3 is 2.18 bits per heavy atom. The smallest absolute Gasteiger partial charge is 0.311 e. The minimum absolute atomic E-state index is 0.0808. The molecule has 0 aliphatic rings. The van der Waals surface area contributed by atoms with Gasteiger partial charge in [0.05, 0.1) is 11.5 Å². The van der Waals surface area contributed by atoms with Gasteiger partial charge in [-0.3, -0.25) is 25.4 Å². The van der Waals surface area contributed by atoms with Crippen LogP contribution in [0.4, 0.5) is 5.69 Å². The van der Waals surface area contributed by atoms with Gasteiger partial charge in [-0.25, -0.2) is 0 Å². The van der Waals surface area contributed by atoms with Gasteiger partial charge in [0.1, 0.15) is 12.6 Å². The second kappa shape index (κ2) is 13.2. The largest absolute Gasteiger partial charge is 0.460 e. The summed E-state index contributed by atoms with van der Waals surface area (Å²) >= 11 is 0. The van der Waals surface area contributed by atoms with E-state index in [9.17, 15) is 14.4 Å². The number of anilines is 1. The second-order valence-corrected chi connectivity index (χ2v) is 9.38. The van der Waals surface area contributed by atoms with Gasteiger partial charge < -0.3 is 26.2 Å². The zero-order valence-electron chi connectivity index (χ0n) is 20.2. The van der Waals surface area contributed by atoms with Crippen LogP contribution < -0.4 is 27.4 Å². The van der Waals surface area contributed by atoms with Gasteiger partial charge in [0.25, 0.3) is 0 Å². The lowest BCUT2D eigenvalue weighted by molar-refractivity contribution is -0.154. The molecule has 33 heavy (non-hydrogen) atoms. The third-order valence-electron chi connectivity index (χ3n) is 4.88. The number of nitrogens with two attached hydrogens (primary N) is 2. The quantitative estimate of drug-likeness (QED) is 0.149. The molecule has 186 valence electrons. The average Bonchev–Trinajstić information content (AvgIpc) is 2.73. The number of hydrogen-bond donors (Lipinski definition) is 6. The molecule has 1 rings (SSSR count). The standard InChI is InChI=1S/C23H39N5O5/c1-14(2)18(24)20(30)28-17(7-6-12-26-22(25)32)19(29)27-16-10-8-15(9-11-16)13-33-21(31)23(3,4)5/h8-11,14,17-18,22,26,32H,6-7,12-13,24-25H2,1-5H3,(H,27,29)(H,28,30)/t17-,18-,22?/m0/s1. The molecule has 0 aromatic heterocycles. The Bertz CT molecular complexity index is 774. The normalized spacial score (nSPS) is 14.3. The van der Waals surface area contributed by atoms with Gasteiger partial charge in [0.2, 0.25) is 11.8 Å². The minimum Gasteiger partial charge on any atom is -0.460 e. The van der Waals surface area contributed by atoms with Crippen molar-refractivity contribution in [1.29, 1.82) is 0 Å². The van der Waals surface area contributed by atoms with Crippen molar-refractivity contribution in [3.05, 3.63) is 29.8 Å². The van der Waals surface area contributed by atoms with Crippen molar-refractivity contribution in [2.75, 3.05) is 11.9 Å². The molecule has 3 atom stereocenters. The van der Waals surface area contributed by atoms with Gasteiger partial charge >= 0.3 is 5.97 Å². The van der Waals surface area contributed by atoms with E-state index in [0.29, 0.717) is 25.1 Å². The van der Waals surface area contributed by atoms with Crippen LogP contribution in [0.15, 0.2) is 24.3 Å². The number of nitrogens with one attached hydrogen (secondary N) is 3. The minimum atomic E-state index is -1.15. The van der Waals surface area contributed by atoms with Gasteiger partial charge in [0.15, 0.2) is 6.35 Å². The van der Waals surface area contributed by atoms with Gasteiger partial charge in [-0.15, -0.1) is 0 Å². The molecule has 0 bridgehead atoms. The molecule has 10 nitrogen and oxygen atoms in total. The van der Waals surface area contributed by atoms with Crippen LogP contribution in [0.2, 0.25) is 0 Å². The number of rotatable bonds is 12. The molecule has 0 radical (unpaired) electrons. The van der Waals surface area contributed by atoms with Gasteiger partial charge in [0, 0.05) is 5.69 Å². The highest BCUT2D eigenvalue weighted by molar-refractivity contribution is 5.97. The van der Waals surface area contributed by atoms with E-state index in [2.05, 4.69) is 16.0 Å². The van der Waals surface area contributed by atoms with Crippen molar-refractivity contribution in [1.82, 2.24) is 10.6 Å². The van der Waals surface area contributed by atoms with Crippen molar-refractivity contribution in [3.63, 3.8) is 0 Å². The number of ether oxygens (including phenoxy) is 1. The van der Waals surface area contributed by atoms with Gasteiger partial charge in [-0.05, 0) is 63.8 Å². The molecule has 8 N–H and O–H groups in total. The molecule has 0 saturated heterocycles. The zero-order chi connectivity index (χ0) is 25.2. The van der Waals surface area contributed by atoms with Crippen molar-refractivity contribution >= 4 is 23.5 Å². The Balaban J connectivity index is 2.75. The average molecular weight is 466 g/mol. The first-order valence-electron chi connectivity index (χ1n) is 11.1. The predicted molar refractivity (Wildman–Crippen MR) is 126 cm³/mol. The molecular formula is C23H39N5O5. The number of carbonyl (C=O) groups is 3. The van der Waals surface area contributed by atoms with E-state index < -0.39 is 29.8 Å². The molecule has 1 aromatic rings. The monoisotopic (exact) mass is 465 g/mol. The molecule has 0 fully saturated rings. The Kier molecular flexibility index (Phi) is 11.4. The molecule has 2 amide bonds. The first-order valence-corrected chi connectivity index (χ1v) is 11.1. The van der Waals surface area contributed by atoms with E-state index in [1.807, 2.05) is 13.8 Å². The molecule has 10 heteroatoms. The van der Waals surface area contributed by atoms with Crippen LogP contribution in [0, 0.1) is 11.3 Å². The van der Waals surface area contributed by atoms with Gasteiger partial charge in [-0.2, -0.15) is 0 Å². The maximum atomic E-state index is 12.8. The predicted octanol–water partition coefficient (Wildman–Crippen LogP) is 0.787. The van der Waals surface area contributed by atoms with E-state index in [0.717, 1.165) is 5.56 Å². The van der Waals surface area contributed by atoms with Crippen molar-refractivity contribution in [3.8, 4) is 0 Å². The summed E-state index contributed by atoms with van der Waals surface area (Å²) in [7, 11) is 0. The van der Waals surface area contributed by atoms with Crippen LogP contribution in [0.5, 0.6) is 0 Å². The van der Waals surface area contributed by atoms with E-state index in [1.165, 1.54) is 0 Å². The summed E-state index contributed by atoms with van der Waals surface area (Å²) < 4.78 is 5.29. The highest BCUT2D eigenvalue weighted by Gasteiger charge is 2.25. The Morgan fingerprint density at radius 2 is 1.67 bits per heavy atom. The first kappa shape index (κ1) is 28.5. The highest BCUT2D eigenvalue weighted by atomic mass is 16.5. The maximum absolute atomic E-state index is 12.8. The number of carbonyl (C=O) groups excluding carboxylic acids is 3. The van der Waals surface area contributed by atoms with Crippen LogP contribution >= 0.6 is 0 Å². The summed E-state index contributed by atoms with van der Waals surface area (Å²) in [6, 6.07) is 5.35. The van der Waals surface area contributed by atoms with E-state index in [-0.39, 0.29) is 24.4 Å². The number of aliphatic hydroxyl groups is 1. The molecule has 1 aromatic carbocycles. The lowest BCUT2D eigenvalue weighted by atomic mass is 9.97. The Morgan fingerprint density at radius 1 is 1.06 bits per heavy atom. The highest BCUT2D eigenvalue weighted by Crippen LogP contribution is 2.17. The summed E-state index contributed by atoms with van der Waals surface area (Å²) in [6.45, 7) is 9.51. The number of amides is 2. The van der Waals surface area contributed by atoms with Crippen LogP contribution in [0.25, 0.3) is 0 Å². The lowest BCUT2D eigenvalue weighted by Gasteiger charge is -2.22. The molecule has 0 aliphatic carbocycles. The van der Waals surface area contributed by atoms with E-state index in [4.69, 9.17) is 21.3 Å². The fourth-order valence-electron chi connectivity index (χ4n) is 2.67. The Hall–Kier alpha value is -2.53. The van der Waals surface area contributed by atoms with Crippen molar-refractivity contribution < 1.29 is 24.2 Å². The number of aliphatic hydroxyl groups excluding tert-OH is 1. The SMILES string of the molecule is CC(C)[C@H](N)C(=O)N[C@@H](CCCNC(N)O)C(=O)Nc1ccc(COC(=O)C(C)(C)C)cc1. The van der Waals surface area contributed by atoms with Crippen LogP contribution in [0.3, 0.4) is 0 Å². The lowest BCUT2D eigenvalue weighted by Crippen LogP contribution is -2.51. The topological polar surface area (TPSA) is 169 Å². The zero-order valence-corrected chi connectivity index (χ0v) is 20.2. The fourth-order valence-corrected chi connectivity index (χ4v) is 2.67. The summed E-state index contributed by atoms with van der Waals surface area (Å²) in [5, 5.41) is 17.2. The van der Waals surface area contributed by atoms with Gasteiger partial charge in [-0.1, -0.05) is 26.0 Å². The summed E-state index contributed by atoms with van der Waals surface area (Å²) in [4.78, 5) is 37.2. The molecule has 0 saturated carbocycles. The van der Waals surface area contributed by atoms with Crippen molar-refractivity contribution in [2.24, 2.45) is 22.8 Å². The summed E-state index contributed by atoms with van der Waals surface area (Å²) in [5.74, 6) is -1.18. The Labute approximate surface area is 195 Å². The summed E-state index contributed by atoms with van der Waals surface area (Å²) in [6.07, 6.45) is -0.340. The molecule has 0 heterocycles. The van der Waals surface area contributed by atoms with Crippen LogP contribution in [0.1, 0.15) is 53.0 Å². The number of hydrogen-bond acceptors (Lipinski definition) is 8. The van der Waals surface area contributed by atoms with E-state index in [1.54, 1.807) is 45.0 Å².